The van der Waals surface area contributed by atoms with Crippen molar-refractivity contribution in [2.24, 2.45) is 5.14 Å². The average molecular weight is 352 g/mol. The summed E-state index contributed by atoms with van der Waals surface area (Å²) < 4.78 is 23.3. The highest BCUT2D eigenvalue weighted by atomic mass is 35.5. The maximum absolute atomic E-state index is 11.6. The van der Waals surface area contributed by atoms with Crippen molar-refractivity contribution in [3.05, 3.63) is 27.4 Å². The van der Waals surface area contributed by atoms with Gasteiger partial charge in [-0.25, -0.2) is 23.5 Å². The minimum atomic E-state index is -3.93. The lowest BCUT2D eigenvalue weighted by atomic mass is 10.2. The van der Waals surface area contributed by atoms with E-state index in [1.54, 1.807) is 12.3 Å². The van der Waals surface area contributed by atoms with Crippen molar-refractivity contribution in [3.63, 3.8) is 0 Å². The fourth-order valence-electron chi connectivity index (χ4n) is 1.57. The van der Waals surface area contributed by atoms with Gasteiger partial charge >= 0.3 is 0 Å². The van der Waals surface area contributed by atoms with E-state index in [-0.39, 0.29) is 25.0 Å². The van der Waals surface area contributed by atoms with Crippen molar-refractivity contribution in [2.75, 3.05) is 0 Å². The highest BCUT2D eigenvalue weighted by Crippen LogP contribution is 2.44. The Bertz CT molecular complexity index is 757. The van der Waals surface area contributed by atoms with E-state index < -0.39 is 10.0 Å². The molecule has 2 N–H and O–H groups in total. The lowest BCUT2D eigenvalue weighted by Gasteiger charge is -2.07. The smallest absolute Gasteiger partial charge is 0.241 e. The number of halogens is 2. The first-order valence-electron chi connectivity index (χ1n) is 5.55. The van der Waals surface area contributed by atoms with Gasteiger partial charge in [-0.15, -0.1) is 11.3 Å². The Morgan fingerprint density at radius 2 is 2.00 bits per heavy atom. The molecule has 0 spiro atoms. The molecular formula is C11H11Cl2N3O2S2. The summed E-state index contributed by atoms with van der Waals surface area (Å²) in [7, 11) is -3.93. The first kappa shape index (κ1) is 15.7. The number of hydrogen-bond donors (Lipinski definition) is 1. The summed E-state index contributed by atoms with van der Waals surface area (Å²) in [6, 6.07) is 1.57. The zero-order chi connectivity index (χ0) is 15.1. The number of nitrogens with zero attached hydrogens (tertiary/aromatic N) is 2. The van der Waals surface area contributed by atoms with Gasteiger partial charge in [0.15, 0.2) is 0 Å². The van der Waals surface area contributed by atoms with E-state index in [4.69, 9.17) is 28.3 Å². The molecule has 2 heterocycles. The van der Waals surface area contributed by atoms with Crippen LogP contribution in [0.25, 0.3) is 11.3 Å². The molecule has 0 aliphatic heterocycles. The summed E-state index contributed by atoms with van der Waals surface area (Å²) in [6.45, 7) is 3.86. The molecule has 108 valence electrons. The van der Waals surface area contributed by atoms with Gasteiger partial charge in [-0.05, 0) is 6.07 Å². The van der Waals surface area contributed by atoms with Gasteiger partial charge < -0.3 is 0 Å². The number of nitrogens with two attached hydrogens (primary N) is 1. The fraction of sp³-hybridized carbons (Fsp3) is 0.273. The summed E-state index contributed by atoms with van der Waals surface area (Å²) in [5, 5.41) is 5.33. The predicted octanol–water partition coefficient (Wildman–Crippen LogP) is 3.28. The molecule has 0 amide bonds. The van der Waals surface area contributed by atoms with Gasteiger partial charge in [0, 0.05) is 12.1 Å². The Morgan fingerprint density at radius 3 is 2.55 bits per heavy atom. The van der Waals surface area contributed by atoms with Crippen molar-refractivity contribution in [1.82, 2.24) is 9.97 Å². The molecule has 0 atom stereocenters. The van der Waals surface area contributed by atoms with Crippen LogP contribution in [0, 0.1) is 0 Å². The zero-order valence-electron chi connectivity index (χ0n) is 10.6. The first-order valence-corrected chi connectivity index (χ1v) is 8.67. The Hall–Kier alpha value is -0.730. The van der Waals surface area contributed by atoms with Crippen LogP contribution in [-0.2, 0) is 10.0 Å². The topological polar surface area (TPSA) is 85.9 Å². The Kier molecular flexibility index (Phi) is 4.36. The van der Waals surface area contributed by atoms with Gasteiger partial charge in [-0.1, -0.05) is 37.0 Å². The molecule has 0 saturated heterocycles. The highest BCUT2D eigenvalue weighted by molar-refractivity contribution is 7.91. The molecule has 20 heavy (non-hydrogen) atoms. The average Bonchev–Trinajstić information content (AvgIpc) is 2.66. The maximum Gasteiger partial charge on any atom is 0.248 e. The molecular weight excluding hydrogens is 341 g/mol. The van der Waals surface area contributed by atoms with E-state index in [1.807, 2.05) is 13.8 Å². The van der Waals surface area contributed by atoms with Crippen molar-refractivity contribution in [2.45, 2.75) is 24.0 Å². The summed E-state index contributed by atoms with van der Waals surface area (Å²) in [5.41, 5.74) is 0.620. The van der Waals surface area contributed by atoms with Crippen LogP contribution in [0.2, 0.25) is 9.36 Å². The summed E-state index contributed by atoms with van der Waals surface area (Å²) >= 11 is 12.8. The van der Waals surface area contributed by atoms with Crippen LogP contribution in [0.1, 0.15) is 25.6 Å². The predicted molar refractivity (Wildman–Crippen MR) is 80.8 cm³/mol. The largest absolute Gasteiger partial charge is 0.248 e. The summed E-state index contributed by atoms with van der Waals surface area (Å²) in [4.78, 5) is 8.45. The highest BCUT2D eigenvalue weighted by Gasteiger charge is 2.25. The van der Waals surface area contributed by atoms with Gasteiger partial charge in [0.05, 0.1) is 16.3 Å². The molecule has 0 radical (unpaired) electrons. The van der Waals surface area contributed by atoms with E-state index in [2.05, 4.69) is 9.97 Å². The molecule has 9 heteroatoms. The monoisotopic (exact) mass is 351 g/mol. The Labute approximate surface area is 130 Å². The summed E-state index contributed by atoms with van der Waals surface area (Å²) in [6.07, 6.45) is 1.55. The van der Waals surface area contributed by atoms with Gasteiger partial charge in [-0.2, -0.15) is 0 Å². The molecule has 5 nitrogen and oxygen atoms in total. The third-order valence-electron chi connectivity index (χ3n) is 2.48. The van der Waals surface area contributed by atoms with E-state index in [9.17, 15) is 8.42 Å². The van der Waals surface area contributed by atoms with E-state index in [0.29, 0.717) is 11.5 Å². The standard InChI is InChI=1S/C11H11Cl2N3O2S2/c1-5(2)10-15-4-3-6(16-10)7-8(12)9(13)19-11(7)20(14,17)18/h3-5H,1-2H3,(H2,14,17,18). The molecule has 0 fully saturated rings. The van der Waals surface area contributed by atoms with Crippen LogP contribution in [-0.4, -0.2) is 18.4 Å². The number of rotatable bonds is 3. The molecule has 0 bridgehead atoms. The molecule has 2 aromatic heterocycles. The van der Waals surface area contributed by atoms with Crippen LogP contribution in [0.5, 0.6) is 0 Å². The molecule has 0 aliphatic carbocycles. The molecule has 2 rings (SSSR count). The Morgan fingerprint density at radius 1 is 1.35 bits per heavy atom. The lowest BCUT2D eigenvalue weighted by molar-refractivity contribution is 0.600. The van der Waals surface area contributed by atoms with Crippen LogP contribution >= 0.6 is 34.5 Å². The van der Waals surface area contributed by atoms with E-state index >= 15 is 0 Å². The van der Waals surface area contributed by atoms with Crippen molar-refractivity contribution >= 4 is 44.6 Å². The molecule has 0 unspecified atom stereocenters. The first-order chi connectivity index (χ1) is 9.21. The molecule has 0 aliphatic rings. The number of sulfonamides is 1. The van der Waals surface area contributed by atoms with Crippen LogP contribution < -0.4 is 5.14 Å². The second kappa shape index (κ2) is 5.57. The van der Waals surface area contributed by atoms with Crippen molar-refractivity contribution in [1.29, 1.82) is 0 Å². The van der Waals surface area contributed by atoms with E-state index in [0.717, 1.165) is 11.3 Å². The SMILES string of the molecule is CC(C)c1nccc(-c2c(S(N)(=O)=O)sc(Cl)c2Cl)n1. The minimum Gasteiger partial charge on any atom is -0.241 e. The number of aromatic nitrogens is 2. The molecule has 0 aromatic carbocycles. The number of primary sulfonamides is 1. The quantitative estimate of drug-likeness (QED) is 0.918. The minimum absolute atomic E-state index is 0.0964. The van der Waals surface area contributed by atoms with Gasteiger partial charge in [0.2, 0.25) is 10.0 Å². The lowest BCUT2D eigenvalue weighted by Crippen LogP contribution is -2.11. The number of thiophene rings is 1. The second-order valence-electron chi connectivity index (χ2n) is 4.35. The zero-order valence-corrected chi connectivity index (χ0v) is 13.7. The van der Waals surface area contributed by atoms with Crippen molar-refractivity contribution in [3.8, 4) is 11.3 Å². The third kappa shape index (κ3) is 2.96. The van der Waals surface area contributed by atoms with Crippen molar-refractivity contribution < 1.29 is 8.42 Å². The van der Waals surface area contributed by atoms with Crippen LogP contribution in [0.15, 0.2) is 16.5 Å². The normalized spacial score (nSPS) is 12.1. The Balaban J connectivity index is 2.73. The third-order valence-corrected chi connectivity index (χ3v) is 5.93. The fourth-order valence-corrected chi connectivity index (χ4v) is 4.32. The van der Waals surface area contributed by atoms with Gasteiger partial charge in [0.25, 0.3) is 0 Å². The number of hydrogen-bond acceptors (Lipinski definition) is 5. The molecule has 0 saturated carbocycles. The maximum atomic E-state index is 11.6. The van der Waals surface area contributed by atoms with Crippen LogP contribution in [0.3, 0.4) is 0 Å². The summed E-state index contributed by atoms with van der Waals surface area (Å²) in [5.74, 6) is 0.682. The van der Waals surface area contributed by atoms with Gasteiger partial charge in [0.1, 0.15) is 14.4 Å². The second-order valence-corrected chi connectivity index (χ2v) is 8.11. The van der Waals surface area contributed by atoms with Gasteiger partial charge in [-0.3, -0.25) is 0 Å². The molecule has 2 aromatic rings. The van der Waals surface area contributed by atoms with E-state index in [1.165, 1.54) is 0 Å². The van der Waals surface area contributed by atoms with Crippen LogP contribution in [0.4, 0.5) is 0 Å².